The molecule has 0 aliphatic heterocycles. The molecule has 0 aliphatic carbocycles. The van der Waals surface area contributed by atoms with Crippen molar-refractivity contribution in [3.8, 4) is 11.1 Å². The fourth-order valence-electron chi connectivity index (χ4n) is 3.14. The van der Waals surface area contributed by atoms with E-state index in [1.807, 2.05) is 48.7 Å². The molecule has 0 aliphatic rings. The molecule has 2 heterocycles. The van der Waals surface area contributed by atoms with E-state index in [-0.39, 0.29) is 11.5 Å². The summed E-state index contributed by atoms with van der Waals surface area (Å²) in [6.07, 6.45) is 1.44. The lowest BCUT2D eigenvalue weighted by Gasteiger charge is -2.16. The first-order valence-corrected chi connectivity index (χ1v) is 10.3. The minimum atomic E-state index is -0.735. The molecule has 4 aromatic rings. The van der Waals surface area contributed by atoms with Crippen molar-refractivity contribution >= 4 is 44.7 Å². The molecule has 0 spiro atoms. The van der Waals surface area contributed by atoms with Gasteiger partial charge < -0.3 is 5.32 Å². The summed E-state index contributed by atoms with van der Waals surface area (Å²) in [5.74, 6) is -0.310. The van der Waals surface area contributed by atoms with Crippen molar-refractivity contribution in [3.63, 3.8) is 0 Å². The summed E-state index contributed by atoms with van der Waals surface area (Å²) in [7, 11) is 0. The van der Waals surface area contributed by atoms with E-state index in [0.29, 0.717) is 20.9 Å². The number of carbonyl (C=O) groups excluding carboxylic acids is 1. The summed E-state index contributed by atoms with van der Waals surface area (Å²) in [4.78, 5) is 31.1. The first-order chi connectivity index (χ1) is 14.0. The highest BCUT2D eigenvalue weighted by Crippen LogP contribution is 2.30. The average Bonchev–Trinajstić information content (AvgIpc) is 3.16. The molecule has 0 saturated carbocycles. The van der Waals surface area contributed by atoms with Crippen LogP contribution in [0.2, 0.25) is 5.02 Å². The molecule has 1 N–H and O–H groups in total. The molecule has 4 rings (SSSR count). The summed E-state index contributed by atoms with van der Waals surface area (Å²) in [5.41, 5.74) is 3.05. The van der Waals surface area contributed by atoms with Crippen molar-refractivity contribution in [2.75, 3.05) is 5.32 Å². The van der Waals surface area contributed by atoms with Gasteiger partial charge in [-0.05, 0) is 37.1 Å². The van der Waals surface area contributed by atoms with Gasteiger partial charge in [-0.15, -0.1) is 11.3 Å². The molecule has 146 valence electrons. The first-order valence-electron chi connectivity index (χ1n) is 9.06. The van der Waals surface area contributed by atoms with E-state index in [2.05, 4.69) is 10.3 Å². The fourth-order valence-corrected chi connectivity index (χ4v) is 4.22. The summed E-state index contributed by atoms with van der Waals surface area (Å²) >= 11 is 7.45. The predicted octanol–water partition coefficient (Wildman–Crippen LogP) is 5.29. The smallest absolute Gasteiger partial charge is 0.263 e. The lowest BCUT2D eigenvalue weighted by atomic mass is 10.1. The molecule has 0 bridgehead atoms. The standard InChI is InChI=1S/C22H18ClN3O2S/c1-13-8-9-16(23)10-18(13)25-20(27)14(2)26-12-24-21-19(22(26)28)17(11-29-21)15-6-4-3-5-7-15/h3-12,14H,1-2H3,(H,25,27). The highest BCUT2D eigenvalue weighted by molar-refractivity contribution is 7.17. The highest BCUT2D eigenvalue weighted by atomic mass is 35.5. The van der Waals surface area contributed by atoms with Crippen LogP contribution in [-0.4, -0.2) is 15.5 Å². The van der Waals surface area contributed by atoms with Crippen LogP contribution in [-0.2, 0) is 4.79 Å². The molecule has 2 aromatic carbocycles. The van der Waals surface area contributed by atoms with Gasteiger partial charge in [0.25, 0.3) is 5.56 Å². The van der Waals surface area contributed by atoms with E-state index in [4.69, 9.17) is 11.6 Å². The number of thiophene rings is 1. The minimum Gasteiger partial charge on any atom is -0.324 e. The Morgan fingerprint density at radius 3 is 2.72 bits per heavy atom. The largest absolute Gasteiger partial charge is 0.324 e. The molecular weight excluding hydrogens is 406 g/mol. The summed E-state index contributed by atoms with van der Waals surface area (Å²) in [6, 6.07) is 14.2. The number of nitrogens with one attached hydrogen (secondary N) is 1. The van der Waals surface area contributed by atoms with Gasteiger partial charge in [0.05, 0.1) is 11.7 Å². The molecule has 5 nitrogen and oxygen atoms in total. The monoisotopic (exact) mass is 423 g/mol. The van der Waals surface area contributed by atoms with Crippen LogP contribution < -0.4 is 10.9 Å². The van der Waals surface area contributed by atoms with E-state index in [1.54, 1.807) is 19.1 Å². The number of carbonyl (C=O) groups is 1. The molecule has 2 aromatic heterocycles. The van der Waals surface area contributed by atoms with Crippen molar-refractivity contribution in [2.24, 2.45) is 0 Å². The third-order valence-corrected chi connectivity index (χ3v) is 5.98. The minimum absolute atomic E-state index is 0.236. The third kappa shape index (κ3) is 3.69. The second kappa shape index (κ2) is 7.81. The van der Waals surface area contributed by atoms with E-state index in [9.17, 15) is 9.59 Å². The van der Waals surface area contributed by atoms with Crippen molar-refractivity contribution in [1.29, 1.82) is 0 Å². The van der Waals surface area contributed by atoms with E-state index in [0.717, 1.165) is 16.7 Å². The van der Waals surface area contributed by atoms with Crippen LogP contribution in [0.5, 0.6) is 0 Å². The van der Waals surface area contributed by atoms with Gasteiger partial charge >= 0.3 is 0 Å². The molecule has 0 saturated heterocycles. The number of benzene rings is 2. The van der Waals surface area contributed by atoms with Crippen LogP contribution >= 0.6 is 22.9 Å². The summed E-state index contributed by atoms with van der Waals surface area (Å²) in [5, 5.41) is 5.85. The second-order valence-electron chi connectivity index (χ2n) is 6.78. The van der Waals surface area contributed by atoms with Crippen molar-refractivity contribution in [1.82, 2.24) is 9.55 Å². The topological polar surface area (TPSA) is 64.0 Å². The highest BCUT2D eigenvalue weighted by Gasteiger charge is 2.21. The van der Waals surface area contributed by atoms with Crippen LogP contribution in [0, 0.1) is 6.92 Å². The van der Waals surface area contributed by atoms with Crippen LogP contribution in [0.4, 0.5) is 5.69 Å². The molecule has 29 heavy (non-hydrogen) atoms. The number of aryl methyl sites for hydroxylation is 1. The Hall–Kier alpha value is -2.96. The maximum atomic E-state index is 13.2. The van der Waals surface area contributed by atoms with Crippen LogP contribution in [0.15, 0.2) is 65.0 Å². The average molecular weight is 424 g/mol. The number of halogens is 1. The van der Waals surface area contributed by atoms with E-state index < -0.39 is 6.04 Å². The zero-order chi connectivity index (χ0) is 20.5. The maximum Gasteiger partial charge on any atom is 0.263 e. The number of fused-ring (bicyclic) bond motifs is 1. The van der Waals surface area contributed by atoms with Gasteiger partial charge in [-0.2, -0.15) is 0 Å². The zero-order valence-electron chi connectivity index (χ0n) is 15.8. The molecule has 0 radical (unpaired) electrons. The molecule has 1 atom stereocenters. The van der Waals surface area contributed by atoms with Crippen molar-refractivity contribution in [2.45, 2.75) is 19.9 Å². The second-order valence-corrected chi connectivity index (χ2v) is 8.07. The quantitative estimate of drug-likeness (QED) is 0.485. The number of amides is 1. The predicted molar refractivity (Wildman–Crippen MR) is 119 cm³/mol. The van der Waals surface area contributed by atoms with Crippen LogP contribution in [0.25, 0.3) is 21.3 Å². The Kier molecular flexibility index (Phi) is 5.22. The molecule has 1 unspecified atom stereocenters. The lowest BCUT2D eigenvalue weighted by Crippen LogP contribution is -2.31. The van der Waals surface area contributed by atoms with E-state index in [1.165, 1.54) is 22.2 Å². The Labute approximate surface area is 176 Å². The fraction of sp³-hybridized carbons (Fsp3) is 0.136. The Morgan fingerprint density at radius 2 is 1.97 bits per heavy atom. The number of rotatable bonds is 4. The molecule has 1 amide bonds. The lowest BCUT2D eigenvalue weighted by molar-refractivity contribution is -0.118. The maximum absolute atomic E-state index is 13.2. The number of nitrogens with zero attached hydrogens (tertiary/aromatic N) is 2. The Balaban J connectivity index is 1.72. The molecular formula is C22H18ClN3O2S. The van der Waals surface area contributed by atoms with Crippen molar-refractivity contribution in [3.05, 3.63) is 81.2 Å². The van der Waals surface area contributed by atoms with Gasteiger partial charge in [-0.3, -0.25) is 14.2 Å². The van der Waals surface area contributed by atoms with Crippen molar-refractivity contribution < 1.29 is 4.79 Å². The third-order valence-electron chi connectivity index (χ3n) is 4.86. The summed E-state index contributed by atoms with van der Waals surface area (Å²) in [6.45, 7) is 3.56. The number of aromatic nitrogens is 2. The van der Waals surface area contributed by atoms with Crippen LogP contribution in [0.3, 0.4) is 0 Å². The Morgan fingerprint density at radius 1 is 1.21 bits per heavy atom. The van der Waals surface area contributed by atoms with Gasteiger partial charge in [0.15, 0.2) is 0 Å². The summed E-state index contributed by atoms with van der Waals surface area (Å²) < 4.78 is 1.37. The molecule has 7 heteroatoms. The van der Waals surface area contributed by atoms with Gasteiger partial charge in [-0.1, -0.05) is 48.0 Å². The van der Waals surface area contributed by atoms with Gasteiger partial charge in [0.1, 0.15) is 10.9 Å². The number of hydrogen-bond acceptors (Lipinski definition) is 4. The first kappa shape index (κ1) is 19.4. The van der Waals surface area contributed by atoms with E-state index >= 15 is 0 Å². The normalized spacial score (nSPS) is 12.1. The van der Waals surface area contributed by atoms with Gasteiger partial charge in [0, 0.05) is 21.7 Å². The van der Waals surface area contributed by atoms with Crippen LogP contribution in [0.1, 0.15) is 18.5 Å². The zero-order valence-corrected chi connectivity index (χ0v) is 17.4. The number of anilines is 1. The van der Waals surface area contributed by atoms with Gasteiger partial charge in [-0.25, -0.2) is 4.98 Å². The van der Waals surface area contributed by atoms with Gasteiger partial charge in [0.2, 0.25) is 5.91 Å². The SMILES string of the molecule is Cc1ccc(Cl)cc1NC(=O)C(C)n1cnc2scc(-c3ccccc3)c2c1=O. The Bertz CT molecular complexity index is 1260. The molecule has 0 fully saturated rings. The number of hydrogen-bond donors (Lipinski definition) is 1.